The van der Waals surface area contributed by atoms with Crippen molar-refractivity contribution in [1.29, 1.82) is 0 Å². The van der Waals surface area contributed by atoms with E-state index in [-0.39, 0.29) is 0 Å². The van der Waals surface area contributed by atoms with Gasteiger partial charge in [-0.15, -0.1) is 0 Å². The van der Waals surface area contributed by atoms with Gasteiger partial charge in [-0.1, -0.05) is 72.8 Å². The van der Waals surface area contributed by atoms with Crippen LogP contribution < -0.4 is 16.4 Å². The standard InChI is InChI=1S/C27H23B3N6O4/c37-28(23-5-1-3-20(17-23)26-33-13-14-34-26)39-30(22-9-7-19(8-10-22)25-31-11-12-32-25)40-29(38)24-6-2-4-21(18-24)27-35-15-16-36-27/h1-18,37-38H,(H,31,32)(H,33,34)(H,35,36). The van der Waals surface area contributed by atoms with E-state index in [2.05, 4.69) is 29.9 Å². The third kappa shape index (κ3) is 5.68. The van der Waals surface area contributed by atoms with Gasteiger partial charge in [0.1, 0.15) is 17.5 Å². The van der Waals surface area contributed by atoms with E-state index >= 15 is 0 Å². The zero-order chi connectivity index (χ0) is 27.3. The average molecular weight is 528 g/mol. The molecule has 0 saturated heterocycles. The fraction of sp³-hybridized carbons (Fsp3) is 0. The summed E-state index contributed by atoms with van der Waals surface area (Å²) in [6.07, 6.45) is 10.2. The lowest BCUT2D eigenvalue weighted by Gasteiger charge is -2.20. The lowest BCUT2D eigenvalue weighted by molar-refractivity contribution is 0.356. The first kappa shape index (κ1) is 25.6. The van der Waals surface area contributed by atoms with Gasteiger partial charge in [-0.25, -0.2) is 15.0 Å². The summed E-state index contributed by atoms with van der Waals surface area (Å²) in [7, 11) is -3.83. The van der Waals surface area contributed by atoms with Crippen molar-refractivity contribution < 1.29 is 19.2 Å². The summed E-state index contributed by atoms with van der Waals surface area (Å²) in [6.45, 7) is 0. The molecule has 3 aromatic carbocycles. The van der Waals surface area contributed by atoms with Gasteiger partial charge in [0, 0.05) is 53.9 Å². The number of aromatic amines is 3. The second-order valence-electron chi connectivity index (χ2n) is 9.00. The Morgan fingerprint density at radius 2 is 0.975 bits per heavy atom. The van der Waals surface area contributed by atoms with Crippen molar-refractivity contribution in [3.63, 3.8) is 0 Å². The molecule has 194 valence electrons. The summed E-state index contributed by atoms with van der Waals surface area (Å²) >= 11 is 0. The Balaban J connectivity index is 1.27. The van der Waals surface area contributed by atoms with E-state index in [9.17, 15) is 10.0 Å². The third-order valence-electron chi connectivity index (χ3n) is 6.35. The van der Waals surface area contributed by atoms with Crippen LogP contribution in [0, 0.1) is 0 Å². The molecule has 0 saturated carbocycles. The van der Waals surface area contributed by atoms with Crippen molar-refractivity contribution >= 4 is 37.7 Å². The van der Waals surface area contributed by atoms with Gasteiger partial charge in [0.2, 0.25) is 0 Å². The topological polar surface area (TPSA) is 145 Å². The largest absolute Gasteiger partial charge is 0.477 e. The highest BCUT2D eigenvalue weighted by Crippen LogP contribution is 2.15. The fourth-order valence-corrected chi connectivity index (χ4v) is 4.33. The van der Waals surface area contributed by atoms with E-state index in [4.69, 9.17) is 9.14 Å². The van der Waals surface area contributed by atoms with Gasteiger partial charge in [0.05, 0.1) is 0 Å². The molecule has 6 rings (SSSR count). The van der Waals surface area contributed by atoms with Gasteiger partial charge in [-0.3, -0.25) is 0 Å². The normalized spacial score (nSPS) is 10.9. The average Bonchev–Trinajstić information content (AvgIpc) is 3.81. The molecule has 0 spiro atoms. The molecule has 0 aliphatic rings. The van der Waals surface area contributed by atoms with Crippen molar-refractivity contribution in [3.8, 4) is 34.2 Å². The Labute approximate surface area is 230 Å². The van der Waals surface area contributed by atoms with Crippen molar-refractivity contribution in [2.45, 2.75) is 0 Å². The van der Waals surface area contributed by atoms with Crippen LogP contribution in [-0.2, 0) is 9.14 Å². The van der Waals surface area contributed by atoms with Crippen LogP contribution in [0.1, 0.15) is 0 Å². The maximum atomic E-state index is 11.1. The number of rotatable bonds is 10. The highest BCUT2D eigenvalue weighted by atomic mass is 16.6. The van der Waals surface area contributed by atoms with E-state index in [1.165, 1.54) is 0 Å². The molecule has 0 amide bonds. The molecule has 10 nitrogen and oxygen atoms in total. The number of aromatic nitrogens is 6. The second-order valence-corrected chi connectivity index (χ2v) is 9.00. The number of hydrogen-bond donors (Lipinski definition) is 5. The van der Waals surface area contributed by atoms with E-state index in [1.807, 2.05) is 36.4 Å². The van der Waals surface area contributed by atoms with Gasteiger partial charge in [-0.05, 0) is 16.4 Å². The first-order valence-corrected chi connectivity index (χ1v) is 12.6. The highest BCUT2D eigenvalue weighted by molar-refractivity contribution is 6.79. The monoisotopic (exact) mass is 528 g/mol. The summed E-state index contributed by atoms with van der Waals surface area (Å²) in [5, 5.41) is 22.2. The molecular formula is C27H23B3N6O4. The molecule has 0 fully saturated rings. The Kier molecular flexibility index (Phi) is 7.42. The van der Waals surface area contributed by atoms with Gasteiger partial charge < -0.3 is 34.1 Å². The van der Waals surface area contributed by atoms with Crippen molar-refractivity contribution in [3.05, 3.63) is 110 Å². The Hall–Kier alpha value is -4.68. The van der Waals surface area contributed by atoms with E-state index in [1.54, 1.807) is 73.6 Å². The molecule has 13 heteroatoms. The Bertz CT molecular complexity index is 1560. The zero-order valence-corrected chi connectivity index (χ0v) is 21.2. The SMILES string of the molecule is OB(OB(OB(O)c1cccc(-c2ncc[nH]2)c1)c1ccc(-c2ncc[nH]2)cc1)c1cccc(-c2ncc[nH]2)c1. The van der Waals surface area contributed by atoms with Crippen LogP contribution in [0.2, 0.25) is 0 Å². The zero-order valence-electron chi connectivity index (χ0n) is 21.2. The number of benzene rings is 3. The van der Waals surface area contributed by atoms with Crippen LogP contribution in [0.3, 0.4) is 0 Å². The number of nitrogens with one attached hydrogen (secondary N) is 3. The second kappa shape index (κ2) is 11.6. The molecule has 0 bridgehead atoms. The smallest absolute Gasteiger partial charge is 0.444 e. The van der Waals surface area contributed by atoms with E-state index in [0.717, 1.165) is 22.5 Å². The highest BCUT2D eigenvalue weighted by Gasteiger charge is 2.33. The summed E-state index contributed by atoms with van der Waals surface area (Å²) in [5.41, 5.74) is 4.05. The Morgan fingerprint density at radius 3 is 1.40 bits per heavy atom. The first-order chi connectivity index (χ1) is 19.6. The Morgan fingerprint density at radius 1 is 0.525 bits per heavy atom. The van der Waals surface area contributed by atoms with E-state index in [0.29, 0.717) is 28.0 Å². The molecule has 3 heterocycles. The molecule has 0 aliphatic heterocycles. The third-order valence-corrected chi connectivity index (χ3v) is 6.35. The molecule has 0 unspecified atom stereocenters. The minimum atomic E-state index is -1.36. The van der Waals surface area contributed by atoms with E-state index < -0.39 is 21.4 Å². The summed E-state index contributed by atoms with van der Waals surface area (Å²) in [5.74, 6) is 2.05. The minimum Gasteiger partial charge on any atom is -0.444 e. The van der Waals surface area contributed by atoms with Crippen LogP contribution in [0.15, 0.2) is 110 Å². The molecular weight excluding hydrogens is 505 g/mol. The molecule has 3 aromatic heterocycles. The molecule has 5 N–H and O–H groups in total. The number of nitrogens with zero attached hydrogens (tertiary/aromatic N) is 3. The van der Waals surface area contributed by atoms with Crippen molar-refractivity contribution in [2.24, 2.45) is 0 Å². The molecule has 40 heavy (non-hydrogen) atoms. The van der Waals surface area contributed by atoms with Gasteiger partial charge in [0.15, 0.2) is 0 Å². The quantitative estimate of drug-likeness (QED) is 0.169. The fourth-order valence-electron chi connectivity index (χ4n) is 4.33. The summed E-state index contributed by atoms with van der Waals surface area (Å²) in [6, 6.07) is 21.8. The summed E-state index contributed by atoms with van der Waals surface area (Å²) < 4.78 is 12.0. The molecule has 0 radical (unpaired) electrons. The molecule has 0 aliphatic carbocycles. The minimum absolute atomic E-state index is 0.504. The number of H-pyrrole nitrogens is 3. The lowest BCUT2D eigenvalue weighted by Crippen LogP contribution is -2.51. The van der Waals surface area contributed by atoms with Gasteiger partial charge in [-0.2, -0.15) is 0 Å². The van der Waals surface area contributed by atoms with Crippen LogP contribution >= 0.6 is 0 Å². The maximum Gasteiger partial charge on any atom is 0.477 e. The van der Waals surface area contributed by atoms with Gasteiger partial charge in [0.25, 0.3) is 0 Å². The lowest BCUT2D eigenvalue weighted by atomic mass is 9.67. The van der Waals surface area contributed by atoms with Crippen LogP contribution in [0.4, 0.5) is 0 Å². The molecule has 6 aromatic rings. The predicted octanol–water partition coefficient (Wildman–Crippen LogP) is 1.36. The van der Waals surface area contributed by atoms with Crippen molar-refractivity contribution in [2.75, 3.05) is 0 Å². The van der Waals surface area contributed by atoms with Crippen LogP contribution in [0.25, 0.3) is 34.2 Å². The number of hydrogen-bond acceptors (Lipinski definition) is 7. The predicted molar refractivity (Wildman–Crippen MR) is 155 cm³/mol. The van der Waals surface area contributed by atoms with Gasteiger partial charge >= 0.3 is 21.4 Å². The van der Waals surface area contributed by atoms with Crippen LogP contribution in [0.5, 0.6) is 0 Å². The summed E-state index contributed by atoms with van der Waals surface area (Å²) in [4.78, 5) is 22.0. The first-order valence-electron chi connectivity index (χ1n) is 12.6. The van der Waals surface area contributed by atoms with Crippen LogP contribution in [-0.4, -0.2) is 61.3 Å². The molecule has 0 atom stereocenters. The number of imidazole rings is 3. The van der Waals surface area contributed by atoms with Crippen molar-refractivity contribution in [1.82, 2.24) is 29.9 Å². The maximum absolute atomic E-state index is 11.1.